The summed E-state index contributed by atoms with van der Waals surface area (Å²) in [6, 6.07) is 0. The molecule has 0 saturated heterocycles. The van der Waals surface area contributed by atoms with Gasteiger partial charge in [0.1, 0.15) is 0 Å². The molecule has 0 aromatic rings. The highest BCUT2D eigenvalue weighted by Crippen LogP contribution is 2.14. The number of rotatable bonds is 12. The second kappa shape index (κ2) is 11.9. The lowest BCUT2D eigenvalue weighted by Gasteiger charge is -2.04. The van der Waals surface area contributed by atoms with Gasteiger partial charge in [-0.2, -0.15) is 0 Å². The van der Waals surface area contributed by atoms with E-state index in [1.54, 1.807) is 6.92 Å². The molecule has 0 heterocycles. The summed E-state index contributed by atoms with van der Waals surface area (Å²) in [6.45, 7) is 3.81. The average molecular weight is 268 g/mol. The molecular formula is C16H28O3. The quantitative estimate of drug-likeness (QED) is 0.418. The first kappa shape index (κ1) is 17.9. The highest BCUT2D eigenvalue weighted by atomic mass is 16.4. The van der Waals surface area contributed by atoms with Crippen molar-refractivity contribution in [2.75, 3.05) is 0 Å². The molecule has 110 valence electrons. The Morgan fingerprint density at radius 1 is 0.947 bits per heavy atom. The summed E-state index contributed by atoms with van der Waals surface area (Å²) in [5.74, 6) is -0.540. The summed E-state index contributed by atoms with van der Waals surface area (Å²) in [6.07, 6.45) is 11.4. The molecule has 0 bridgehead atoms. The van der Waals surface area contributed by atoms with E-state index in [1.807, 2.05) is 0 Å². The molecule has 0 aliphatic heterocycles. The summed E-state index contributed by atoms with van der Waals surface area (Å²) in [7, 11) is 0. The van der Waals surface area contributed by atoms with Crippen LogP contribution >= 0.6 is 0 Å². The number of carbonyl (C=O) groups excluding carboxylic acids is 1. The number of carboxylic acids is 1. The van der Waals surface area contributed by atoms with Crippen molar-refractivity contribution in [3.05, 3.63) is 11.6 Å². The molecule has 1 N–H and O–H groups in total. The van der Waals surface area contributed by atoms with E-state index in [2.05, 4.69) is 13.0 Å². The maximum absolute atomic E-state index is 11.5. The number of carboxylic acid groups (broad SMARTS) is 1. The van der Waals surface area contributed by atoms with Gasteiger partial charge in [0.2, 0.25) is 0 Å². The fourth-order valence-corrected chi connectivity index (χ4v) is 2.04. The highest BCUT2D eigenvalue weighted by molar-refractivity contribution is 5.93. The van der Waals surface area contributed by atoms with Crippen molar-refractivity contribution in [2.24, 2.45) is 0 Å². The Morgan fingerprint density at radius 2 is 1.58 bits per heavy atom. The lowest BCUT2D eigenvalue weighted by Crippen LogP contribution is -1.98. The minimum Gasteiger partial charge on any atom is -0.481 e. The number of unbranched alkanes of at least 4 members (excludes halogenated alkanes) is 6. The van der Waals surface area contributed by atoms with Gasteiger partial charge in [0.05, 0.1) is 0 Å². The van der Waals surface area contributed by atoms with Crippen molar-refractivity contribution < 1.29 is 14.7 Å². The van der Waals surface area contributed by atoms with Crippen molar-refractivity contribution in [1.29, 1.82) is 0 Å². The zero-order valence-corrected chi connectivity index (χ0v) is 12.4. The summed E-state index contributed by atoms with van der Waals surface area (Å²) < 4.78 is 0. The summed E-state index contributed by atoms with van der Waals surface area (Å²) in [5.41, 5.74) is 0.953. The molecule has 0 spiro atoms. The van der Waals surface area contributed by atoms with Crippen LogP contribution in [0, 0.1) is 0 Å². The van der Waals surface area contributed by atoms with Crippen LogP contribution in [0.4, 0.5) is 0 Å². The van der Waals surface area contributed by atoms with Crippen molar-refractivity contribution in [3.63, 3.8) is 0 Å². The second-order valence-electron chi connectivity index (χ2n) is 5.09. The number of ketones is 1. The normalized spacial score (nSPS) is 11.6. The second-order valence-corrected chi connectivity index (χ2v) is 5.09. The third-order valence-corrected chi connectivity index (χ3v) is 3.24. The number of aliphatic carboxylic acids is 1. The Hall–Kier alpha value is -1.12. The molecule has 3 heteroatoms. The van der Waals surface area contributed by atoms with Crippen LogP contribution in [0.25, 0.3) is 0 Å². The Bertz CT molecular complexity index is 292. The first-order valence-electron chi connectivity index (χ1n) is 7.49. The molecule has 0 saturated carbocycles. The summed E-state index contributed by atoms with van der Waals surface area (Å²) in [5, 5.41) is 8.52. The van der Waals surface area contributed by atoms with Crippen LogP contribution in [0.15, 0.2) is 11.6 Å². The van der Waals surface area contributed by atoms with Crippen LogP contribution in [-0.4, -0.2) is 16.9 Å². The average Bonchev–Trinajstić information content (AvgIpc) is 2.35. The molecule has 0 aliphatic carbocycles. The standard InChI is InChI=1S/C16H28O3/c1-3-4-5-8-11-15(14(2)17)12-9-6-7-10-13-16(18)19/h11H,3-10,12-13H2,1-2H3,(H,18,19). The molecule has 0 aromatic carbocycles. The smallest absolute Gasteiger partial charge is 0.303 e. The number of Topliss-reactive ketones (excluding diaryl/α,β-unsaturated/α-hetero) is 1. The molecule has 0 amide bonds. The van der Waals surface area contributed by atoms with Crippen LogP contribution in [0.5, 0.6) is 0 Å². The topological polar surface area (TPSA) is 54.4 Å². The van der Waals surface area contributed by atoms with Gasteiger partial charge in [-0.1, -0.05) is 38.7 Å². The zero-order valence-electron chi connectivity index (χ0n) is 12.4. The number of allylic oxidation sites excluding steroid dienone is 2. The Labute approximate surface area is 117 Å². The van der Waals surface area contributed by atoms with E-state index in [9.17, 15) is 9.59 Å². The number of hydrogen-bond donors (Lipinski definition) is 1. The Kier molecular flexibility index (Phi) is 11.2. The van der Waals surface area contributed by atoms with E-state index in [0.29, 0.717) is 0 Å². The molecule has 19 heavy (non-hydrogen) atoms. The molecule has 0 aromatic heterocycles. The maximum Gasteiger partial charge on any atom is 0.303 e. The predicted molar refractivity (Wildman–Crippen MR) is 78.2 cm³/mol. The Morgan fingerprint density at radius 3 is 2.11 bits per heavy atom. The van der Waals surface area contributed by atoms with E-state index >= 15 is 0 Å². The van der Waals surface area contributed by atoms with E-state index in [4.69, 9.17) is 5.11 Å². The van der Waals surface area contributed by atoms with E-state index in [1.165, 1.54) is 12.8 Å². The maximum atomic E-state index is 11.5. The van der Waals surface area contributed by atoms with Crippen LogP contribution < -0.4 is 0 Å². The fourth-order valence-electron chi connectivity index (χ4n) is 2.04. The van der Waals surface area contributed by atoms with Gasteiger partial charge < -0.3 is 5.11 Å². The minimum atomic E-state index is -0.722. The van der Waals surface area contributed by atoms with Gasteiger partial charge in [0.25, 0.3) is 0 Å². The summed E-state index contributed by atoms with van der Waals surface area (Å²) >= 11 is 0. The molecule has 0 fully saturated rings. The monoisotopic (exact) mass is 268 g/mol. The third-order valence-electron chi connectivity index (χ3n) is 3.24. The van der Waals surface area contributed by atoms with Gasteiger partial charge in [-0.25, -0.2) is 0 Å². The van der Waals surface area contributed by atoms with Gasteiger partial charge in [0.15, 0.2) is 5.78 Å². The van der Waals surface area contributed by atoms with E-state index < -0.39 is 5.97 Å². The van der Waals surface area contributed by atoms with Gasteiger partial charge in [0, 0.05) is 6.42 Å². The molecule has 0 unspecified atom stereocenters. The van der Waals surface area contributed by atoms with Gasteiger partial charge in [-0.15, -0.1) is 0 Å². The molecule has 0 radical (unpaired) electrons. The van der Waals surface area contributed by atoms with Crippen molar-refractivity contribution in [1.82, 2.24) is 0 Å². The zero-order chi connectivity index (χ0) is 14.5. The highest BCUT2D eigenvalue weighted by Gasteiger charge is 2.03. The van der Waals surface area contributed by atoms with Crippen molar-refractivity contribution >= 4 is 11.8 Å². The first-order chi connectivity index (χ1) is 9.07. The lowest BCUT2D eigenvalue weighted by molar-refractivity contribution is -0.137. The van der Waals surface area contributed by atoms with Crippen LogP contribution in [0.1, 0.15) is 78.1 Å². The number of hydrogen-bond acceptors (Lipinski definition) is 2. The van der Waals surface area contributed by atoms with Crippen molar-refractivity contribution in [3.8, 4) is 0 Å². The largest absolute Gasteiger partial charge is 0.481 e. The van der Waals surface area contributed by atoms with Crippen LogP contribution in [0.3, 0.4) is 0 Å². The van der Waals surface area contributed by atoms with Gasteiger partial charge >= 0.3 is 5.97 Å². The lowest BCUT2D eigenvalue weighted by atomic mass is 10.0. The third kappa shape index (κ3) is 11.7. The molecule has 3 nitrogen and oxygen atoms in total. The predicted octanol–water partition coefficient (Wildman–Crippen LogP) is 4.51. The van der Waals surface area contributed by atoms with Crippen LogP contribution in [-0.2, 0) is 9.59 Å². The fraction of sp³-hybridized carbons (Fsp3) is 0.750. The minimum absolute atomic E-state index is 0.182. The molecular weight excluding hydrogens is 240 g/mol. The summed E-state index contributed by atoms with van der Waals surface area (Å²) in [4.78, 5) is 21.8. The van der Waals surface area contributed by atoms with Crippen LogP contribution in [0.2, 0.25) is 0 Å². The van der Waals surface area contributed by atoms with Gasteiger partial charge in [-0.05, 0) is 44.6 Å². The van der Waals surface area contributed by atoms with Gasteiger partial charge in [-0.3, -0.25) is 9.59 Å². The van der Waals surface area contributed by atoms with E-state index in [0.717, 1.165) is 50.5 Å². The number of carbonyl (C=O) groups is 2. The molecule has 0 aliphatic rings. The first-order valence-corrected chi connectivity index (χ1v) is 7.49. The molecule has 0 atom stereocenters. The Balaban J connectivity index is 3.76. The molecule has 0 rings (SSSR count). The SMILES string of the molecule is CCCCCC=C(CCCCCCC(=O)O)C(C)=O. The van der Waals surface area contributed by atoms with E-state index in [-0.39, 0.29) is 12.2 Å². The van der Waals surface area contributed by atoms with Crippen molar-refractivity contribution in [2.45, 2.75) is 78.1 Å².